The largest absolute Gasteiger partial charge is 0.484 e. The van der Waals surface area contributed by atoms with Gasteiger partial charge in [0, 0.05) is 10.9 Å². The quantitative estimate of drug-likeness (QED) is 0.568. The van der Waals surface area contributed by atoms with Gasteiger partial charge in [-0.15, -0.1) is 16.4 Å². The van der Waals surface area contributed by atoms with Crippen molar-refractivity contribution in [3.8, 4) is 17.0 Å². The van der Waals surface area contributed by atoms with Crippen LogP contribution in [0.5, 0.6) is 5.75 Å². The number of nitrogens with one attached hydrogen (secondary N) is 1. The number of carbonyl (C=O) groups is 1. The Bertz CT molecular complexity index is 1100. The number of hydrogen-bond acceptors (Lipinski definition) is 5. The molecule has 2 aromatic heterocycles. The standard InChI is InChI=1S/C20H18N4O2S/c1-13-8-9-16(10-14(13)2)26-11-18(25)21-19-22-20-24(23-19)17(12-27-20)15-6-4-3-5-7-15/h3-10,12H,11H2,1-2H3,(H,21,23,25). The zero-order chi connectivity index (χ0) is 18.8. The van der Waals surface area contributed by atoms with Gasteiger partial charge < -0.3 is 4.74 Å². The van der Waals surface area contributed by atoms with Crippen LogP contribution in [0, 0.1) is 13.8 Å². The third kappa shape index (κ3) is 3.68. The maximum atomic E-state index is 12.2. The highest BCUT2D eigenvalue weighted by Gasteiger charge is 2.13. The molecule has 2 aromatic carbocycles. The van der Waals surface area contributed by atoms with E-state index in [2.05, 4.69) is 15.4 Å². The summed E-state index contributed by atoms with van der Waals surface area (Å²) in [5.74, 6) is 0.638. The summed E-state index contributed by atoms with van der Waals surface area (Å²) in [6, 6.07) is 15.7. The molecule has 0 spiro atoms. The number of thiazole rings is 1. The van der Waals surface area contributed by atoms with Crippen LogP contribution in [0.25, 0.3) is 16.2 Å². The lowest BCUT2D eigenvalue weighted by atomic mass is 10.1. The molecule has 0 bridgehead atoms. The molecule has 0 atom stereocenters. The van der Waals surface area contributed by atoms with Gasteiger partial charge in [0.2, 0.25) is 4.96 Å². The maximum absolute atomic E-state index is 12.2. The van der Waals surface area contributed by atoms with Crippen LogP contribution < -0.4 is 10.1 Å². The summed E-state index contributed by atoms with van der Waals surface area (Å²) in [5.41, 5.74) is 4.29. The molecule has 0 unspecified atom stereocenters. The minimum absolute atomic E-state index is 0.0963. The molecule has 0 aliphatic rings. The zero-order valence-electron chi connectivity index (χ0n) is 15.0. The molecule has 7 heteroatoms. The van der Waals surface area contributed by atoms with Gasteiger partial charge in [-0.3, -0.25) is 10.1 Å². The topological polar surface area (TPSA) is 68.5 Å². The number of ether oxygens (including phenoxy) is 1. The van der Waals surface area contributed by atoms with Crippen molar-refractivity contribution >= 4 is 28.2 Å². The molecule has 2 heterocycles. The van der Waals surface area contributed by atoms with E-state index >= 15 is 0 Å². The summed E-state index contributed by atoms with van der Waals surface area (Å²) in [6.45, 7) is 3.95. The molecule has 1 amide bonds. The summed E-state index contributed by atoms with van der Waals surface area (Å²) in [4.78, 5) is 17.3. The first kappa shape index (κ1) is 17.2. The van der Waals surface area contributed by atoms with Crippen molar-refractivity contribution in [2.45, 2.75) is 13.8 Å². The predicted octanol–water partition coefficient (Wildman–Crippen LogP) is 4.09. The van der Waals surface area contributed by atoms with Gasteiger partial charge in [0.1, 0.15) is 5.75 Å². The van der Waals surface area contributed by atoms with E-state index in [9.17, 15) is 4.79 Å². The summed E-state index contributed by atoms with van der Waals surface area (Å²) >= 11 is 1.48. The van der Waals surface area contributed by atoms with E-state index in [1.165, 1.54) is 16.9 Å². The van der Waals surface area contributed by atoms with Crippen molar-refractivity contribution in [2.24, 2.45) is 0 Å². The van der Waals surface area contributed by atoms with E-state index in [1.807, 2.05) is 67.8 Å². The highest BCUT2D eigenvalue weighted by atomic mass is 32.1. The first-order valence-electron chi connectivity index (χ1n) is 8.50. The van der Waals surface area contributed by atoms with Crippen molar-refractivity contribution in [1.29, 1.82) is 0 Å². The van der Waals surface area contributed by atoms with Crippen LogP contribution in [0.2, 0.25) is 0 Å². The SMILES string of the molecule is Cc1ccc(OCC(=O)Nc2nc3scc(-c4ccccc4)n3n2)cc1C. The fourth-order valence-electron chi connectivity index (χ4n) is 2.65. The van der Waals surface area contributed by atoms with Crippen molar-refractivity contribution < 1.29 is 9.53 Å². The molecule has 0 fully saturated rings. The monoisotopic (exact) mass is 378 g/mol. The Labute approximate surface area is 160 Å². The van der Waals surface area contributed by atoms with Crippen LogP contribution in [0.4, 0.5) is 5.95 Å². The molecule has 4 aromatic rings. The number of amides is 1. The third-order valence-corrected chi connectivity index (χ3v) is 5.07. The molecular weight excluding hydrogens is 360 g/mol. The number of fused-ring (bicyclic) bond motifs is 1. The smallest absolute Gasteiger partial charge is 0.264 e. The lowest BCUT2D eigenvalue weighted by Crippen LogP contribution is -2.21. The molecule has 0 aliphatic heterocycles. The molecule has 0 saturated carbocycles. The highest BCUT2D eigenvalue weighted by Crippen LogP contribution is 2.25. The van der Waals surface area contributed by atoms with Crippen LogP contribution in [-0.4, -0.2) is 27.1 Å². The van der Waals surface area contributed by atoms with Gasteiger partial charge >= 0.3 is 0 Å². The van der Waals surface area contributed by atoms with Crippen LogP contribution in [0.1, 0.15) is 11.1 Å². The van der Waals surface area contributed by atoms with Gasteiger partial charge in [0.15, 0.2) is 6.61 Å². The Balaban J connectivity index is 1.44. The molecule has 4 rings (SSSR count). The average molecular weight is 378 g/mol. The van der Waals surface area contributed by atoms with E-state index in [1.54, 1.807) is 4.52 Å². The minimum Gasteiger partial charge on any atom is -0.484 e. The van der Waals surface area contributed by atoms with Crippen molar-refractivity contribution in [3.63, 3.8) is 0 Å². The lowest BCUT2D eigenvalue weighted by Gasteiger charge is -2.07. The minimum atomic E-state index is -0.298. The molecular formula is C20H18N4O2S. The third-order valence-electron chi connectivity index (χ3n) is 4.25. The second kappa shape index (κ2) is 7.20. The normalized spacial score (nSPS) is 10.9. The van der Waals surface area contributed by atoms with Crippen LogP contribution >= 0.6 is 11.3 Å². The number of anilines is 1. The van der Waals surface area contributed by atoms with E-state index in [4.69, 9.17) is 4.74 Å². The van der Waals surface area contributed by atoms with Gasteiger partial charge in [-0.2, -0.15) is 4.98 Å². The van der Waals surface area contributed by atoms with Gasteiger partial charge in [-0.1, -0.05) is 36.4 Å². The Morgan fingerprint density at radius 2 is 1.96 bits per heavy atom. The summed E-state index contributed by atoms with van der Waals surface area (Å²) in [7, 11) is 0. The number of carbonyl (C=O) groups excluding carboxylic acids is 1. The number of hydrogen-bond donors (Lipinski definition) is 1. The summed E-state index contributed by atoms with van der Waals surface area (Å²) < 4.78 is 7.29. The molecule has 0 aliphatic carbocycles. The zero-order valence-corrected chi connectivity index (χ0v) is 15.8. The predicted molar refractivity (Wildman–Crippen MR) is 106 cm³/mol. The Morgan fingerprint density at radius 3 is 2.74 bits per heavy atom. The van der Waals surface area contributed by atoms with E-state index < -0.39 is 0 Å². The van der Waals surface area contributed by atoms with Gasteiger partial charge in [-0.05, 0) is 37.1 Å². The lowest BCUT2D eigenvalue weighted by molar-refractivity contribution is -0.118. The Morgan fingerprint density at radius 1 is 1.15 bits per heavy atom. The number of rotatable bonds is 5. The first-order chi connectivity index (χ1) is 13.1. The maximum Gasteiger partial charge on any atom is 0.264 e. The first-order valence-corrected chi connectivity index (χ1v) is 9.38. The number of aromatic nitrogens is 3. The van der Waals surface area contributed by atoms with E-state index in [0.29, 0.717) is 5.75 Å². The number of aryl methyl sites for hydroxylation is 2. The van der Waals surface area contributed by atoms with Gasteiger partial charge in [0.05, 0.1) is 5.69 Å². The average Bonchev–Trinajstić information content (AvgIpc) is 3.23. The van der Waals surface area contributed by atoms with Crippen LogP contribution in [-0.2, 0) is 4.79 Å². The second-order valence-electron chi connectivity index (χ2n) is 6.20. The Kier molecular flexibility index (Phi) is 4.60. The molecule has 0 radical (unpaired) electrons. The molecule has 6 nitrogen and oxygen atoms in total. The summed E-state index contributed by atoms with van der Waals surface area (Å²) in [5, 5.41) is 9.09. The van der Waals surface area contributed by atoms with Gasteiger partial charge in [-0.25, -0.2) is 4.52 Å². The van der Waals surface area contributed by atoms with E-state index in [0.717, 1.165) is 21.8 Å². The number of benzene rings is 2. The molecule has 0 saturated heterocycles. The second-order valence-corrected chi connectivity index (χ2v) is 7.04. The Hall–Kier alpha value is -3.19. The molecule has 1 N–H and O–H groups in total. The molecule has 27 heavy (non-hydrogen) atoms. The molecule has 136 valence electrons. The highest BCUT2D eigenvalue weighted by molar-refractivity contribution is 7.15. The fraction of sp³-hybridized carbons (Fsp3) is 0.150. The van der Waals surface area contributed by atoms with Crippen LogP contribution in [0.15, 0.2) is 53.9 Å². The van der Waals surface area contributed by atoms with Crippen LogP contribution in [0.3, 0.4) is 0 Å². The van der Waals surface area contributed by atoms with E-state index in [-0.39, 0.29) is 18.5 Å². The summed E-state index contributed by atoms with van der Waals surface area (Å²) in [6.07, 6.45) is 0. The van der Waals surface area contributed by atoms with Gasteiger partial charge in [0.25, 0.3) is 11.9 Å². The number of nitrogens with zero attached hydrogens (tertiary/aromatic N) is 3. The van der Waals surface area contributed by atoms with Crippen molar-refractivity contribution in [3.05, 3.63) is 65.0 Å². The van der Waals surface area contributed by atoms with Crippen molar-refractivity contribution in [2.75, 3.05) is 11.9 Å². The fourth-order valence-corrected chi connectivity index (χ4v) is 3.49. The van der Waals surface area contributed by atoms with Crippen molar-refractivity contribution in [1.82, 2.24) is 14.6 Å².